The van der Waals surface area contributed by atoms with E-state index in [4.69, 9.17) is 0 Å². The quantitative estimate of drug-likeness (QED) is 0.874. The number of carbonyl (C=O) groups excluding carboxylic acids is 1. The Labute approximate surface area is 152 Å². The van der Waals surface area contributed by atoms with Gasteiger partial charge < -0.3 is 10.2 Å². The van der Waals surface area contributed by atoms with Crippen LogP contribution in [-0.2, 0) is 17.4 Å². The lowest BCUT2D eigenvalue weighted by atomic mass is 9.97. The number of hydrogen-bond donors (Lipinski definition) is 1. The predicted octanol–water partition coefficient (Wildman–Crippen LogP) is 3.37. The first-order valence-electron chi connectivity index (χ1n) is 8.29. The lowest BCUT2D eigenvalue weighted by Gasteiger charge is -2.34. The van der Waals surface area contributed by atoms with Gasteiger partial charge in [0, 0.05) is 19.3 Å². The number of aryl methyl sites for hydroxylation is 1. The number of nitrogens with one attached hydrogen (secondary N) is 1. The molecule has 0 saturated carbocycles. The van der Waals surface area contributed by atoms with Crippen molar-refractivity contribution in [3.63, 3.8) is 0 Å². The van der Waals surface area contributed by atoms with Crippen molar-refractivity contribution in [1.29, 1.82) is 0 Å². The highest BCUT2D eigenvalue weighted by molar-refractivity contribution is 7.15. The Bertz CT molecular complexity index is 779. The molecule has 3 heterocycles. The Morgan fingerprint density at radius 2 is 2.23 bits per heavy atom. The molecule has 1 aliphatic rings. The lowest BCUT2D eigenvalue weighted by Crippen LogP contribution is -2.42. The maximum atomic E-state index is 13.2. The Kier molecular flexibility index (Phi) is 5.40. The normalized spacial score (nSPS) is 18.0. The molecule has 0 aliphatic carbocycles. The highest BCUT2D eigenvalue weighted by Gasteiger charge is 2.37. The zero-order valence-corrected chi connectivity index (χ0v) is 14.9. The van der Waals surface area contributed by atoms with Gasteiger partial charge in [0.05, 0.1) is 11.5 Å². The zero-order chi connectivity index (χ0) is 18.7. The van der Waals surface area contributed by atoms with Crippen molar-refractivity contribution < 1.29 is 18.0 Å². The molecule has 1 atom stereocenters. The molecule has 1 fully saturated rings. The molecule has 0 radical (unpaired) electrons. The van der Waals surface area contributed by atoms with Gasteiger partial charge in [0.25, 0.3) is 0 Å². The van der Waals surface area contributed by atoms with Crippen molar-refractivity contribution in [2.24, 2.45) is 5.92 Å². The first-order valence-corrected chi connectivity index (χ1v) is 9.10. The third-order valence-corrected chi connectivity index (χ3v) is 5.17. The van der Waals surface area contributed by atoms with Crippen LogP contribution in [0, 0.1) is 5.92 Å². The van der Waals surface area contributed by atoms with Crippen LogP contribution in [0.2, 0.25) is 0 Å². The number of hydrogen-bond acceptors (Lipinski definition) is 6. The second-order valence-electron chi connectivity index (χ2n) is 6.00. The molecule has 1 N–H and O–H groups in total. The maximum Gasteiger partial charge on any atom is 0.419 e. The smallest absolute Gasteiger partial charge is 0.355 e. The highest BCUT2D eigenvalue weighted by atomic mass is 32.1. The Morgan fingerprint density at radius 3 is 2.92 bits per heavy atom. The average molecular weight is 385 g/mol. The van der Waals surface area contributed by atoms with Gasteiger partial charge in [0.2, 0.25) is 11.0 Å². The largest absolute Gasteiger partial charge is 0.419 e. The van der Waals surface area contributed by atoms with Crippen LogP contribution in [0.4, 0.5) is 24.1 Å². The van der Waals surface area contributed by atoms with Gasteiger partial charge in [0.15, 0.2) is 0 Å². The summed E-state index contributed by atoms with van der Waals surface area (Å²) >= 11 is 1.30. The molecule has 140 valence electrons. The van der Waals surface area contributed by atoms with Crippen molar-refractivity contribution in [1.82, 2.24) is 15.2 Å². The summed E-state index contributed by atoms with van der Waals surface area (Å²) in [6.07, 6.45) is -1.20. The number of carbonyl (C=O) groups is 1. The maximum absolute atomic E-state index is 13.2. The Morgan fingerprint density at radius 1 is 1.42 bits per heavy atom. The van der Waals surface area contributed by atoms with E-state index in [1.54, 1.807) is 0 Å². The fourth-order valence-corrected chi connectivity index (χ4v) is 3.59. The van der Waals surface area contributed by atoms with Gasteiger partial charge >= 0.3 is 6.18 Å². The molecule has 3 rings (SSSR count). The molecule has 0 spiro atoms. The minimum absolute atomic E-state index is 0.123. The standard InChI is InChI=1S/C16H18F3N5OS/c1-2-12-22-23-15(26-12)21-14(25)10-5-4-8-24(9-10)13-11(16(17,18)19)6-3-7-20-13/h3,6-7,10H,2,4-5,8-9H2,1H3,(H,21,23,25). The van der Waals surface area contributed by atoms with E-state index in [0.717, 1.165) is 17.5 Å². The number of nitrogens with zero attached hydrogens (tertiary/aromatic N) is 4. The topological polar surface area (TPSA) is 71.0 Å². The summed E-state index contributed by atoms with van der Waals surface area (Å²) in [5.41, 5.74) is -0.780. The third-order valence-electron chi connectivity index (χ3n) is 4.18. The summed E-state index contributed by atoms with van der Waals surface area (Å²) in [7, 11) is 0. The van der Waals surface area contributed by atoms with E-state index in [0.29, 0.717) is 24.5 Å². The minimum Gasteiger partial charge on any atom is -0.355 e. The Balaban J connectivity index is 1.72. The molecule has 10 heteroatoms. The van der Waals surface area contributed by atoms with Crippen LogP contribution in [0.25, 0.3) is 0 Å². The highest BCUT2D eigenvalue weighted by Crippen LogP contribution is 2.36. The average Bonchev–Trinajstić information content (AvgIpc) is 3.08. The molecule has 2 aromatic rings. The summed E-state index contributed by atoms with van der Waals surface area (Å²) in [5, 5.41) is 11.8. The second-order valence-corrected chi connectivity index (χ2v) is 7.06. The van der Waals surface area contributed by atoms with Gasteiger partial charge in [0.1, 0.15) is 10.8 Å². The van der Waals surface area contributed by atoms with Crippen molar-refractivity contribution in [3.05, 3.63) is 28.9 Å². The minimum atomic E-state index is -4.48. The number of rotatable bonds is 4. The number of pyridine rings is 1. The van der Waals surface area contributed by atoms with Crippen molar-refractivity contribution >= 4 is 28.2 Å². The molecule has 1 amide bonds. The summed E-state index contributed by atoms with van der Waals surface area (Å²) in [5.74, 6) is -0.805. The van der Waals surface area contributed by atoms with E-state index >= 15 is 0 Å². The molecule has 1 unspecified atom stereocenters. The van der Waals surface area contributed by atoms with Crippen LogP contribution < -0.4 is 10.2 Å². The SMILES string of the molecule is CCc1nnc(NC(=O)C2CCCN(c3ncccc3C(F)(F)F)C2)s1. The number of halogens is 3. The number of anilines is 2. The molecule has 1 saturated heterocycles. The summed E-state index contributed by atoms with van der Waals surface area (Å²) in [6, 6.07) is 2.28. The van der Waals surface area contributed by atoms with Crippen LogP contribution >= 0.6 is 11.3 Å². The van der Waals surface area contributed by atoms with Crippen LogP contribution in [0.1, 0.15) is 30.3 Å². The first kappa shape index (κ1) is 18.6. The van der Waals surface area contributed by atoms with Gasteiger partial charge in [-0.1, -0.05) is 18.3 Å². The van der Waals surface area contributed by atoms with Crippen molar-refractivity contribution in [2.45, 2.75) is 32.4 Å². The van der Waals surface area contributed by atoms with Gasteiger partial charge in [-0.15, -0.1) is 10.2 Å². The van der Waals surface area contributed by atoms with Crippen LogP contribution in [0.3, 0.4) is 0 Å². The summed E-state index contributed by atoms with van der Waals surface area (Å²) in [6.45, 7) is 2.56. The molecule has 26 heavy (non-hydrogen) atoms. The van der Waals surface area contributed by atoms with Crippen LogP contribution in [0.5, 0.6) is 0 Å². The molecular formula is C16H18F3N5OS. The number of piperidine rings is 1. The molecule has 6 nitrogen and oxygen atoms in total. The van der Waals surface area contributed by atoms with E-state index in [1.165, 1.54) is 28.5 Å². The van der Waals surface area contributed by atoms with E-state index in [2.05, 4.69) is 20.5 Å². The third kappa shape index (κ3) is 4.12. The van der Waals surface area contributed by atoms with Gasteiger partial charge in [-0.25, -0.2) is 4.98 Å². The number of aromatic nitrogens is 3. The van der Waals surface area contributed by atoms with Crippen LogP contribution in [0.15, 0.2) is 18.3 Å². The van der Waals surface area contributed by atoms with Gasteiger partial charge in [-0.3, -0.25) is 4.79 Å². The molecule has 0 bridgehead atoms. The summed E-state index contributed by atoms with van der Waals surface area (Å²) in [4.78, 5) is 17.9. The first-order chi connectivity index (χ1) is 12.4. The lowest BCUT2D eigenvalue weighted by molar-refractivity contribution is -0.137. The number of amides is 1. The van der Waals surface area contributed by atoms with E-state index in [9.17, 15) is 18.0 Å². The predicted molar refractivity (Wildman–Crippen MR) is 92.1 cm³/mol. The van der Waals surface area contributed by atoms with Crippen molar-refractivity contribution in [2.75, 3.05) is 23.3 Å². The molecular weight excluding hydrogens is 367 g/mol. The fraction of sp³-hybridized carbons (Fsp3) is 0.500. The fourth-order valence-electron chi connectivity index (χ4n) is 2.91. The van der Waals surface area contributed by atoms with Gasteiger partial charge in [-0.05, 0) is 31.4 Å². The van der Waals surface area contributed by atoms with E-state index < -0.39 is 17.7 Å². The van der Waals surface area contributed by atoms with Crippen LogP contribution in [-0.4, -0.2) is 34.2 Å². The molecule has 2 aromatic heterocycles. The molecule has 0 aromatic carbocycles. The monoisotopic (exact) mass is 385 g/mol. The van der Waals surface area contributed by atoms with Crippen molar-refractivity contribution in [3.8, 4) is 0 Å². The molecule has 1 aliphatic heterocycles. The number of alkyl halides is 3. The second kappa shape index (κ2) is 7.56. The summed E-state index contributed by atoms with van der Waals surface area (Å²) < 4.78 is 39.7. The van der Waals surface area contributed by atoms with E-state index in [1.807, 2.05) is 6.92 Å². The Hall–Kier alpha value is -2.23. The zero-order valence-electron chi connectivity index (χ0n) is 14.1. The van der Waals surface area contributed by atoms with Gasteiger partial charge in [-0.2, -0.15) is 13.2 Å². The van der Waals surface area contributed by atoms with E-state index in [-0.39, 0.29) is 18.3 Å².